The maximum atomic E-state index is 4.68. The molecule has 2 aromatic carbocycles. The molecule has 0 radical (unpaired) electrons. The van der Waals surface area contributed by atoms with Gasteiger partial charge in [0.2, 0.25) is 0 Å². The number of pyridine rings is 1. The quantitative estimate of drug-likeness (QED) is 0.409. The lowest BCUT2D eigenvalue weighted by molar-refractivity contribution is 0.943. The van der Waals surface area contributed by atoms with Gasteiger partial charge in [-0.1, -0.05) is 18.2 Å². The standard InChI is InChI=1S/C25H20N6/c1-17-26-10-12-29(17)19-14-20(30-13-11-27-18(30)2)16-21(15-19)31-23-7-4-3-6-22(23)25-24(31)8-5-9-28-25/h3-16H,1-2H3. The van der Waals surface area contributed by atoms with Crippen LogP contribution in [0.4, 0.5) is 0 Å². The van der Waals surface area contributed by atoms with Gasteiger partial charge in [-0.25, -0.2) is 9.97 Å². The van der Waals surface area contributed by atoms with Gasteiger partial charge in [0.05, 0.1) is 33.6 Å². The van der Waals surface area contributed by atoms with Crippen molar-refractivity contribution in [1.29, 1.82) is 0 Å². The molecule has 4 aromatic heterocycles. The summed E-state index contributed by atoms with van der Waals surface area (Å²) in [5.41, 5.74) is 6.37. The Balaban J connectivity index is 1.71. The van der Waals surface area contributed by atoms with E-state index in [2.05, 4.69) is 77.2 Å². The fourth-order valence-electron chi connectivity index (χ4n) is 4.35. The molecule has 0 atom stereocenters. The molecule has 0 aliphatic rings. The van der Waals surface area contributed by atoms with Crippen LogP contribution in [0.1, 0.15) is 11.6 Å². The summed E-state index contributed by atoms with van der Waals surface area (Å²) in [7, 11) is 0. The Bertz CT molecular complexity index is 1450. The van der Waals surface area contributed by atoms with Crippen molar-refractivity contribution in [1.82, 2.24) is 28.7 Å². The number of hydrogen-bond donors (Lipinski definition) is 0. The number of benzene rings is 2. The summed E-state index contributed by atoms with van der Waals surface area (Å²) in [6, 6.07) is 19.1. The van der Waals surface area contributed by atoms with Crippen LogP contribution in [0.2, 0.25) is 0 Å². The zero-order chi connectivity index (χ0) is 20.9. The predicted molar refractivity (Wildman–Crippen MR) is 122 cm³/mol. The van der Waals surface area contributed by atoms with Gasteiger partial charge in [-0.3, -0.25) is 4.98 Å². The second kappa shape index (κ2) is 6.67. The summed E-state index contributed by atoms with van der Waals surface area (Å²) in [5, 5.41) is 1.14. The van der Waals surface area contributed by atoms with Gasteiger partial charge in [-0.05, 0) is 50.2 Å². The third-order valence-electron chi connectivity index (χ3n) is 5.78. The maximum absolute atomic E-state index is 4.68. The number of nitrogens with zero attached hydrogens (tertiary/aromatic N) is 6. The first kappa shape index (κ1) is 17.7. The molecule has 6 aromatic rings. The van der Waals surface area contributed by atoms with Gasteiger partial charge < -0.3 is 13.7 Å². The Hall–Kier alpha value is -4.19. The smallest absolute Gasteiger partial charge is 0.110 e. The highest BCUT2D eigenvalue weighted by molar-refractivity contribution is 6.06. The predicted octanol–water partition coefficient (Wildman–Crippen LogP) is 5.17. The van der Waals surface area contributed by atoms with Crippen LogP contribution in [-0.4, -0.2) is 28.7 Å². The number of hydrogen-bond acceptors (Lipinski definition) is 3. The number of aromatic nitrogens is 6. The molecule has 0 fully saturated rings. The Morgan fingerprint density at radius 1 is 0.613 bits per heavy atom. The monoisotopic (exact) mass is 404 g/mol. The summed E-state index contributed by atoms with van der Waals surface area (Å²) in [6.45, 7) is 4.03. The van der Waals surface area contributed by atoms with E-state index in [1.807, 2.05) is 50.9 Å². The van der Waals surface area contributed by atoms with Crippen molar-refractivity contribution >= 4 is 21.9 Å². The van der Waals surface area contributed by atoms with Gasteiger partial charge in [0.25, 0.3) is 0 Å². The Morgan fingerprint density at radius 2 is 1.23 bits per heavy atom. The van der Waals surface area contributed by atoms with Crippen molar-refractivity contribution in [2.75, 3.05) is 0 Å². The Labute approximate surface area is 179 Å². The lowest BCUT2D eigenvalue weighted by Gasteiger charge is -2.15. The summed E-state index contributed by atoms with van der Waals surface area (Å²) in [4.78, 5) is 13.5. The summed E-state index contributed by atoms with van der Waals surface area (Å²) < 4.78 is 6.49. The van der Waals surface area contributed by atoms with Crippen molar-refractivity contribution in [3.05, 3.63) is 97.2 Å². The van der Waals surface area contributed by atoms with E-state index in [9.17, 15) is 0 Å². The molecule has 0 N–H and O–H groups in total. The minimum Gasteiger partial charge on any atom is -0.307 e. The normalized spacial score (nSPS) is 11.5. The molecule has 0 aliphatic heterocycles. The van der Waals surface area contributed by atoms with E-state index in [0.29, 0.717) is 0 Å². The van der Waals surface area contributed by atoms with Gasteiger partial charge in [0, 0.05) is 36.4 Å². The number of imidazole rings is 2. The fourth-order valence-corrected chi connectivity index (χ4v) is 4.35. The Morgan fingerprint density at radius 3 is 1.87 bits per heavy atom. The third-order valence-corrected chi connectivity index (χ3v) is 5.78. The van der Waals surface area contributed by atoms with E-state index in [1.165, 1.54) is 0 Å². The van der Waals surface area contributed by atoms with Crippen molar-refractivity contribution < 1.29 is 0 Å². The highest BCUT2D eigenvalue weighted by atomic mass is 15.1. The highest BCUT2D eigenvalue weighted by Crippen LogP contribution is 2.32. The molecule has 31 heavy (non-hydrogen) atoms. The minimum absolute atomic E-state index is 0.939. The van der Waals surface area contributed by atoms with Crippen molar-refractivity contribution in [3.63, 3.8) is 0 Å². The Kier molecular flexibility index (Phi) is 3.80. The van der Waals surface area contributed by atoms with Gasteiger partial charge in [-0.15, -0.1) is 0 Å². The SMILES string of the molecule is Cc1nccn1-c1cc(-n2ccnc2C)cc(-n2c3ccccc3c3ncccc32)c1. The number of para-hydroxylation sites is 1. The average molecular weight is 404 g/mol. The topological polar surface area (TPSA) is 53.5 Å². The molecule has 0 saturated carbocycles. The van der Waals surface area contributed by atoms with Crippen molar-refractivity contribution in [3.8, 4) is 17.1 Å². The van der Waals surface area contributed by atoms with E-state index >= 15 is 0 Å². The van der Waals surface area contributed by atoms with E-state index in [4.69, 9.17) is 0 Å². The zero-order valence-electron chi connectivity index (χ0n) is 17.3. The van der Waals surface area contributed by atoms with E-state index in [0.717, 1.165) is 50.6 Å². The van der Waals surface area contributed by atoms with Crippen LogP contribution in [0.3, 0.4) is 0 Å². The molecule has 0 bridgehead atoms. The second-order valence-corrected chi connectivity index (χ2v) is 7.62. The van der Waals surface area contributed by atoms with Crippen LogP contribution in [0.15, 0.2) is 85.6 Å². The van der Waals surface area contributed by atoms with E-state index in [1.54, 1.807) is 0 Å². The van der Waals surface area contributed by atoms with Gasteiger partial charge in [0.1, 0.15) is 11.6 Å². The van der Waals surface area contributed by atoms with E-state index < -0.39 is 0 Å². The summed E-state index contributed by atoms with van der Waals surface area (Å²) in [6.07, 6.45) is 9.49. The molecule has 6 nitrogen and oxygen atoms in total. The van der Waals surface area contributed by atoms with Crippen LogP contribution in [-0.2, 0) is 0 Å². The van der Waals surface area contributed by atoms with Gasteiger partial charge >= 0.3 is 0 Å². The maximum Gasteiger partial charge on any atom is 0.110 e. The molecule has 0 aliphatic carbocycles. The molecular formula is C25H20N6. The lowest BCUT2D eigenvalue weighted by Crippen LogP contribution is -2.04. The number of aryl methyl sites for hydroxylation is 2. The molecule has 0 unspecified atom stereocenters. The minimum atomic E-state index is 0.939. The van der Waals surface area contributed by atoms with Crippen LogP contribution in [0.25, 0.3) is 39.0 Å². The third kappa shape index (κ3) is 2.69. The summed E-state index contributed by atoms with van der Waals surface area (Å²) >= 11 is 0. The molecular weight excluding hydrogens is 384 g/mol. The highest BCUT2D eigenvalue weighted by Gasteiger charge is 2.15. The van der Waals surface area contributed by atoms with Crippen molar-refractivity contribution in [2.24, 2.45) is 0 Å². The van der Waals surface area contributed by atoms with Crippen LogP contribution in [0, 0.1) is 13.8 Å². The fraction of sp³-hybridized carbons (Fsp3) is 0.0800. The van der Waals surface area contributed by atoms with Crippen LogP contribution < -0.4 is 0 Å². The lowest BCUT2D eigenvalue weighted by atomic mass is 10.2. The average Bonchev–Trinajstić information content (AvgIpc) is 3.50. The molecule has 6 heteroatoms. The molecule has 6 rings (SSSR count). The first-order chi connectivity index (χ1) is 15.2. The number of fused-ring (bicyclic) bond motifs is 3. The molecule has 150 valence electrons. The molecule has 4 heterocycles. The largest absolute Gasteiger partial charge is 0.307 e. The summed E-state index contributed by atoms with van der Waals surface area (Å²) in [5.74, 6) is 1.88. The molecule has 0 amide bonds. The van der Waals surface area contributed by atoms with Crippen molar-refractivity contribution in [2.45, 2.75) is 13.8 Å². The molecule has 0 saturated heterocycles. The van der Waals surface area contributed by atoms with Gasteiger partial charge in [-0.2, -0.15) is 0 Å². The first-order valence-corrected chi connectivity index (χ1v) is 10.2. The molecule has 0 spiro atoms. The second-order valence-electron chi connectivity index (χ2n) is 7.62. The van der Waals surface area contributed by atoms with Crippen LogP contribution >= 0.6 is 0 Å². The zero-order valence-corrected chi connectivity index (χ0v) is 17.3. The van der Waals surface area contributed by atoms with Gasteiger partial charge in [0.15, 0.2) is 0 Å². The van der Waals surface area contributed by atoms with E-state index in [-0.39, 0.29) is 0 Å². The van der Waals surface area contributed by atoms with Crippen LogP contribution in [0.5, 0.6) is 0 Å². The number of rotatable bonds is 3. The first-order valence-electron chi connectivity index (χ1n) is 10.2.